The third-order valence-electron chi connectivity index (χ3n) is 7.18. The summed E-state index contributed by atoms with van der Waals surface area (Å²) in [6, 6.07) is 37.2. The molecule has 0 aliphatic heterocycles. The van der Waals surface area contributed by atoms with E-state index in [2.05, 4.69) is 67.4 Å². The average Bonchev–Trinajstić information content (AvgIpc) is 3.46. The van der Waals surface area contributed by atoms with Crippen LogP contribution in [0.4, 0.5) is 0 Å². The normalized spacial score (nSPS) is 11.4. The number of hydrogen-bond donors (Lipinski definition) is 0. The van der Waals surface area contributed by atoms with Gasteiger partial charge in [-0.2, -0.15) is 17.2 Å². The van der Waals surface area contributed by atoms with Gasteiger partial charge in [-0.15, -0.1) is 35.7 Å². The minimum atomic E-state index is 0. The molecule has 7 aromatic rings. The van der Waals surface area contributed by atoms with E-state index in [9.17, 15) is 0 Å². The molecule has 0 aliphatic carbocycles. The van der Waals surface area contributed by atoms with Crippen molar-refractivity contribution in [2.75, 3.05) is 0 Å². The first-order valence-corrected chi connectivity index (χ1v) is 13.2. The molecule has 6 heteroatoms. The summed E-state index contributed by atoms with van der Waals surface area (Å²) in [5.74, 6) is 1.80. The standard InChI is InChI=1S/C35H26N4O.Pt/c1-23-15-18-32-31(20-23)30-17-16-29(22-33(30)38(32)34-14-7-8-19-36-34)40-28-13-9-12-27(21-28)39-25(3)35(24(2)37-39)26-10-5-4-6-11-26;/h4-20H,1-3H3;/q-2;+2/i7D;. The van der Waals surface area contributed by atoms with Crippen LogP contribution in [0.15, 0.2) is 103 Å². The van der Waals surface area contributed by atoms with Gasteiger partial charge >= 0.3 is 21.1 Å². The molecule has 7 rings (SSSR count). The third-order valence-corrected chi connectivity index (χ3v) is 7.18. The molecule has 4 aromatic carbocycles. The van der Waals surface area contributed by atoms with E-state index < -0.39 is 0 Å². The van der Waals surface area contributed by atoms with Crippen LogP contribution in [0.2, 0.25) is 0 Å². The smallest absolute Gasteiger partial charge is 0.509 e. The third kappa shape index (κ3) is 4.77. The van der Waals surface area contributed by atoms with E-state index in [1.807, 2.05) is 58.6 Å². The molecule has 5 nitrogen and oxygen atoms in total. The summed E-state index contributed by atoms with van der Waals surface area (Å²) in [5.41, 5.74) is 8.07. The van der Waals surface area contributed by atoms with Gasteiger partial charge in [-0.1, -0.05) is 59.6 Å². The summed E-state index contributed by atoms with van der Waals surface area (Å²) >= 11 is 0. The van der Waals surface area contributed by atoms with E-state index in [0.29, 0.717) is 23.4 Å². The van der Waals surface area contributed by atoms with Gasteiger partial charge in [0.25, 0.3) is 0 Å². The van der Waals surface area contributed by atoms with E-state index in [4.69, 9.17) is 11.2 Å². The topological polar surface area (TPSA) is 44.9 Å². The molecule has 41 heavy (non-hydrogen) atoms. The number of nitrogens with zero attached hydrogens (tertiary/aromatic N) is 4. The second-order valence-electron chi connectivity index (χ2n) is 9.88. The first kappa shape index (κ1) is 25.5. The van der Waals surface area contributed by atoms with Crippen molar-refractivity contribution in [3.05, 3.63) is 132 Å². The Labute approximate surface area is 254 Å². The Hall–Kier alpha value is -4.47. The van der Waals surface area contributed by atoms with Gasteiger partial charge in [0, 0.05) is 34.5 Å². The summed E-state index contributed by atoms with van der Waals surface area (Å²) in [6.07, 6.45) is 1.66. The van der Waals surface area contributed by atoms with E-state index in [1.165, 1.54) is 5.56 Å². The molecule has 202 valence electrons. The number of hydrogen-bond acceptors (Lipinski definition) is 3. The van der Waals surface area contributed by atoms with Crippen molar-refractivity contribution in [1.29, 1.82) is 0 Å². The van der Waals surface area contributed by atoms with Crippen LogP contribution in [0.25, 0.3) is 44.4 Å². The molecule has 0 unspecified atom stereocenters. The van der Waals surface area contributed by atoms with Crippen LogP contribution in [0.5, 0.6) is 11.5 Å². The van der Waals surface area contributed by atoms with Gasteiger partial charge in [-0.3, -0.25) is 4.68 Å². The molecule has 0 spiro atoms. The maximum Gasteiger partial charge on any atom is 2.00 e. The molecule has 0 fully saturated rings. The van der Waals surface area contributed by atoms with Crippen molar-refractivity contribution in [2.45, 2.75) is 20.8 Å². The van der Waals surface area contributed by atoms with Crippen LogP contribution in [-0.4, -0.2) is 19.3 Å². The molecule has 3 heterocycles. The molecule has 0 amide bonds. The van der Waals surface area contributed by atoms with Crippen LogP contribution in [0.1, 0.15) is 18.3 Å². The molecule has 0 N–H and O–H groups in total. The number of rotatable bonds is 5. The van der Waals surface area contributed by atoms with Gasteiger partial charge in [0.2, 0.25) is 0 Å². The molecule has 0 saturated carbocycles. The Morgan fingerprint density at radius 1 is 0.805 bits per heavy atom. The number of aromatic nitrogens is 4. The summed E-state index contributed by atoms with van der Waals surface area (Å²) in [4.78, 5) is 4.57. The predicted octanol–water partition coefficient (Wildman–Crippen LogP) is 8.35. The average molecular weight is 715 g/mol. The molecule has 0 aliphatic rings. The zero-order chi connectivity index (χ0) is 28.1. The number of benzene rings is 4. The van der Waals surface area contributed by atoms with Crippen LogP contribution in [0.3, 0.4) is 0 Å². The van der Waals surface area contributed by atoms with E-state index in [0.717, 1.165) is 50.0 Å². The number of aryl methyl sites for hydroxylation is 2. The number of ether oxygens (including phenoxy) is 1. The Kier molecular flexibility index (Phi) is 6.74. The molecular formula is C35H26N4OPt. The first-order chi connectivity index (χ1) is 20.0. The van der Waals surface area contributed by atoms with E-state index >= 15 is 0 Å². The molecular weight excluding hydrogens is 687 g/mol. The largest absolute Gasteiger partial charge is 2.00 e. The second kappa shape index (κ2) is 10.8. The Morgan fingerprint density at radius 2 is 1.63 bits per heavy atom. The summed E-state index contributed by atoms with van der Waals surface area (Å²) in [7, 11) is 0. The maximum atomic E-state index is 8.15. The molecule has 0 saturated heterocycles. The number of fused-ring (bicyclic) bond motifs is 3. The minimum absolute atomic E-state index is 0. The monoisotopic (exact) mass is 714 g/mol. The Morgan fingerprint density at radius 3 is 2.46 bits per heavy atom. The van der Waals surface area contributed by atoms with E-state index in [1.54, 1.807) is 18.3 Å². The summed E-state index contributed by atoms with van der Waals surface area (Å²) in [6.45, 7) is 6.19. The zero-order valence-corrected chi connectivity index (χ0v) is 25.0. The van der Waals surface area contributed by atoms with Crippen LogP contribution in [-0.2, 0) is 21.1 Å². The minimum Gasteiger partial charge on any atom is -0.509 e. The van der Waals surface area contributed by atoms with Gasteiger partial charge in [-0.25, -0.2) is 4.98 Å². The van der Waals surface area contributed by atoms with Crippen molar-refractivity contribution in [2.24, 2.45) is 0 Å². The first-order valence-electron chi connectivity index (χ1n) is 13.7. The maximum absolute atomic E-state index is 8.15. The van der Waals surface area contributed by atoms with Gasteiger partial charge in [0.05, 0.1) is 7.06 Å². The van der Waals surface area contributed by atoms with Crippen LogP contribution in [0, 0.1) is 32.9 Å². The van der Waals surface area contributed by atoms with Crippen molar-refractivity contribution in [3.8, 4) is 34.1 Å². The van der Waals surface area contributed by atoms with Crippen molar-refractivity contribution < 1.29 is 27.2 Å². The molecule has 0 bridgehead atoms. The SMILES string of the molecule is [2H]c1ccnc(-n2c3[c-]c(Oc4[c-]c(-n5nc(C)c(-c6ccccc6)c5C)ccc4)ccc3c3cc(C)ccc32)c1.[Pt+2]. The van der Waals surface area contributed by atoms with Crippen LogP contribution < -0.4 is 4.74 Å². The second-order valence-corrected chi connectivity index (χ2v) is 9.88. The van der Waals surface area contributed by atoms with Crippen LogP contribution >= 0.6 is 0 Å². The zero-order valence-electron chi connectivity index (χ0n) is 23.8. The quantitative estimate of drug-likeness (QED) is 0.169. The fraction of sp³-hybridized carbons (Fsp3) is 0.0857. The Balaban J connectivity index is 0.00000316. The summed E-state index contributed by atoms with van der Waals surface area (Å²) in [5, 5.41) is 6.97. The van der Waals surface area contributed by atoms with Gasteiger partial charge < -0.3 is 9.30 Å². The van der Waals surface area contributed by atoms with Gasteiger partial charge in [-0.05, 0) is 55.6 Å². The van der Waals surface area contributed by atoms with Gasteiger partial charge in [0.1, 0.15) is 5.82 Å². The Bertz CT molecular complexity index is 2080. The molecule has 0 radical (unpaired) electrons. The summed E-state index contributed by atoms with van der Waals surface area (Å²) < 4.78 is 18.4. The number of pyridine rings is 1. The van der Waals surface area contributed by atoms with Gasteiger partial charge in [0.15, 0.2) is 0 Å². The van der Waals surface area contributed by atoms with Crippen molar-refractivity contribution in [3.63, 3.8) is 0 Å². The van der Waals surface area contributed by atoms with Crippen molar-refractivity contribution in [1.82, 2.24) is 19.3 Å². The molecule has 0 atom stereocenters. The fourth-order valence-corrected chi connectivity index (χ4v) is 5.41. The van der Waals surface area contributed by atoms with Crippen molar-refractivity contribution >= 4 is 21.8 Å². The molecule has 3 aromatic heterocycles. The fourth-order valence-electron chi connectivity index (χ4n) is 5.41. The van der Waals surface area contributed by atoms with E-state index in [-0.39, 0.29) is 21.1 Å². The predicted molar refractivity (Wildman–Crippen MR) is 160 cm³/mol.